The zero-order valence-electron chi connectivity index (χ0n) is 13.5. The molecule has 8 heteroatoms. The normalized spacial score (nSPS) is 29.6. The second-order valence-corrected chi connectivity index (χ2v) is 6.50. The van der Waals surface area contributed by atoms with Crippen LogP contribution in [0.1, 0.15) is 27.7 Å². The lowest BCUT2D eigenvalue weighted by atomic mass is 9.72. The van der Waals surface area contributed by atoms with Gasteiger partial charge in [-0.05, 0) is 39.2 Å². The van der Waals surface area contributed by atoms with Crippen LogP contribution >= 0.6 is 0 Å². The molecule has 1 fully saturated rings. The third-order valence-electron chi connectivity index (χ3n) is 4.48. The number of hydrogen-bond acceptors (Lipinski definition) is 7. The number of nitrogens with one attached hydrogen (secondary N) is 1. The molecule has 0 aromatic carbocycles. The van der Waals surface area contributed by atoms with E-state index in [9.17, 15) is 4.79 Å². The smallest absolute Gasteiger partial charge is 0.466 e. The molecule has 120 valence electrons. The third-order valence-corrected chi connectivity index (χ3v) is 4.48. The zero-order chi connectivity index (χ0) is 16.7. The van der Waals surface area contributed by atoms with E-state index >= 15 is 0 Å². The van der Waals surface area contributed by atoms with Crippen molar-refractivity contribution < 1.29 is 18.8 Å². The predicted molar refractivity (Wildman–Crippen MR) is 81.2 cm³/mol. The number of carbonyl (C=O) groups is 1. The molecule has 2 aliphatic rings. The Morgan fingerprint density at radius 3 is 2.36 bits per heavy atom. The Morgan fingerprint density at radius 2 is 1.91 bits per heavy atom. The molecule has 1 heterocycles. The Hall–Kier alpha value is -1.51. The summed E-state index contributed by atoms with van der Waals surface area (Å²) in [5, 5.41) is 3.43. The minimum absolute atomic E-state index is 0.234. The molecule has 1 saturated heterocycles. The SMILES string of the molecule is COC(=O)C1=CC(B2OC(C)(C)C(C)(C)O2)=CC(N)C1N=N. The van der Waals surface area contributed by atoms with Crippen molar-refractivity contribution in [3.63, 3.8) is 0 Å². The molecular formula is C14H22BN3O4. The maximum Gasteiger partial charge on any atom is 0.494 e. The minimum atomic E-state index is -0.751. The molecule has 7 nitrogen and oxygen atoms in total. The van der Waals surface area contributed by atoms with E-state index in [1.165, 1.54) is 7.11 Å². The van der Waals surface area contributed by atoms with Gasteiger partial charge in [-0.3, -0.25) is 0 Å². The van der Waals surface area contributed by atoms with Gasteiger partial charge in [0, 0.05) is 0 Å². The molecule has 1 aliphatic heterocycles. The van der Waals surface area contributed by atoms with Crippen LogP contribution in [0.3, 0.4) is 0 Å². The van der Waals surface area contributed by atoms with Gasteiger partial charge >= 0.3 is 13.1 Å². The predicted octanol–water partition coefficient (Wildman–Crippen LogP) is 1.38. The average molecular weight is 307 g/mol. The van der Waals surface area contributed by atoms with Crippen LogP contribution < -0.4 is 5.73 Å². The number of rotatable bonds is 3. The third kappa shape index (κ3) is 2.73. The molecule has 0 radical (unpaired) electrons. The van der Waals surface area contributed by atoms with E-state index in [4.69, 9.17) is 25.3 Å². The highest BCUT2D eigenvalue weighted by Crippen LogP contribution is 2.39. The van der Waals surface area contributed by atoms with Gasteiger partial charge in [0.15, 0.2) is 0 Å². The number of esters is 1. The standard InChI is InChI=1S/C14H22BN3O4/c1-13(2)14(3,4)22-15(21-13)8-6-9(12(19)20-5)11(18-17)10(16)7-8/h6-7,10-11,17H,16H2,1-5H3. The summed E-state index contributed by atoms with van der Waals surface area (Å²) in [6, 6.07) is -1.36. The van der Waals surface area contributed by atoms with E-state index in [1.807, 2.05) is 27.7 Å². The number of carbonyl (C=O) groups excluding carboxylic acids is 1. The van der Waals surface area contributed by atoms with E-state index in [1.54, 1.807) is 12.2 Å². The highest BCUT2D eigenvalue weighted by Gasteiger charge is 2.52. The summed E-state index contributed by atoms with van der Waals surface area (Å²) in [6.45, 7) is 7.79. The van der Waals surface area contributed by atoms with Gasteiger partial charge < -0.3 is 19.8 Å². The van der Waals surface area contributed by atoms with Crippen LogP contribution in [0.15, 0.2) is 28.3 Å². The van der Waals surface area contributed by atoms with Crippen molar-refractivity contribution >= 4 is 13.1 Å². The Bertz CT molecular complexity index is 540. The second kappa shape index (κ2) is 5.60. The van der Waals surface area contributed by atoms with Crippen molar-refractivity contribution in [1.82, 2.24) is 0 Å². The average Bonchev–Trinajstić information content (AvgIpc) is 2.65. The Labute approximate surface area is 130 Å². The molecule has 0 bridgehead atoms. The Kier molecular flexibility index (Phi) is 4.29. The van der Waals surface area contributed by atoms with Gasteiger partial charge in [-0.2, -0.15) is 5.11 Å². The summed E-state index contributed by atoms with van der Waals surface area (Å²) < 4.78 is 16.7. The van der Waals surface area contributed by atoms with Crippen LogP contribution in [0.4, 0.5) is 0 Å². The molecule has 3 N–H and O–H groups in total. The summed E-state index contributed by atoms with van der Waals surface area (Å²) in [6.07, 6.45) is 3.32. The zero-order valence-corrected chi connectivity index (χ0v) is 13.5. The minimum Gasteiger partial charge on any atom is -0.466 e. The summed E-state index contributed by atoms with van der Waals surface area (Å²) in [4.78, 5) is 11.9. The van der Waals surface area contributed by atoms with Crippen molar-refractivity contribution in [1.29, 1.82) is 5.53 Å². The van der Waals surface area contributed by atoms with Gasteiger partial charge in [0.25, 0.3) is 0 Å². The maximum atomic E-state index is 11.9. The fourth-order valence-electron chi connectivity index (χ4n) is 2.41. The highest BCUT2D eigenvalue weighted by molar-refractivity contribution is 6.55. The first kappa shape index (κ1) is 16.9. The molecular weight excluding hydrogens is 285 g/mol. The number of allylic oxidation sites excluding steroid dienone is 2. The first-order valence-electron chi connectivity index (χ1n) is 7.12. The molecule has 0 amide bonds. The first-order chi connectivity index (χ1) is 10.1. The molecule has 22 heavy (non-hydrogen) atoms. The second-order valence-electron chi connectivity index (χ2n) is 6.50. The summed E-state index contributed by atoms with van der Waals surface area (Å²) in [7, 11) is 0.657. The van der Waals surface area contributed by atoms with Crippen LogP contribution in [0.2, 0.25) is 0 Å². The molecule has 2 rings (SSSR count). The molecule has 2 unspecified atom stereocenters. The molecule has 2 atom stereocenters. The van der Waals surface area contributed by atoms with Gasteiger partial charge in [-0.15, -0.1) is 0 Å². The van der Waals surface area contributed by atoms with Crippen molar-refractivity contribution in [2.45, 2.75) is 51.0 Å². The van der Waals surface area contributed by atoms with Crippen molar-refractivity contribution in [2.24, 2.45) is 10.8 Å². The van der Waals surface area contributed by atoms with Crippen LogP contribution in [0.5, 0.6) is 0 Å². The van der Waals surface area contributed by atoms with E-state index in [2.05, 4.69) is 5.11 Å². The summed E-state index contributed by atoms with van der Waals surface area (Å²) >= 11 is 0. The summed E-state index contributed by atoms with van der Waals surface area (Å²) in [5.41, 5.74) is 13.2. The highest BCUT2D eigenvalue weighted by atomic mass is 16.7. The van der Waals surface area contributed by atoms with E-state index in [0.29, 0.717) is 5.47 Å². The lowest BCUT2D eigenvalue weighted by Gasteiger charge is -2.32. The molecule has 0 aromatic heterocycles. The van der Waals surface area contributed by atoms with Crippen LogP contribution in [0.25, 0.3) is 0 Å². The van der Waals surface area contributed by atoms with Crippen molar-refractivity contribution in [3.8, 4) is 0 Å². The number of hydrogen-bond donors (Lipinski definition) is 2. The number of methoxy groups -OCH3 is 1. The van der Waals surface area contributed by atoms with Gasteiger partial charge in [0.1, 0.15) is 6.04 Å². The molecule has 1 aliphatic carbocycles. The van der Waals surface area contributed by atoms with Gasteiger partial charge in [0.05, 0.1) is 29.9 Å². The van der Waals surface area contributed by atoms with Crippen LogP contribution in [-0.4, -0.2) is 43.5 Å². The first-order valence-corrected chi connectivity index (χ1v) is 7.12. The molecule has 0 spiro atoms. The maximum absolute atomic E-state index is 11.9. The fraction of sp³-hybridized carbons (Fsp3) is 0.643. The van der Waals surface area contributed by atoms with Gasteiger partial charge in [-0.1, -0.05) is 6.08 Å². The molecule has 0 saturated carbocycles. The number of ether oxygens (including phenoxy) is 1. The van der Waals surface area contributed by atoms with E-state index in [0.717, 1.165) is 0 Å². The number of nitrogens with two attached hydrogens (primary N) is 1. The summed E-state index contributed by atoms with van der Waals surface area (Å²) in [5.74, 6) is -0.557. The van der Waals surface area contributed by atoms with Crippen LogP contribution in [-0.2, 0) is 18.8 Å². The van der Waals surface area contributed by atoms with E-state index in [-0.39, 0.29) is 5.57 Å². The van der Waals surface area contributed by atoms with Crippen molar-refractivity contribution in [3.05, 3.63) is 23.2 Å². The lowest BCUT2D eigenvalue weighted by Crippen LogP contribution is -2.41. The fourth-order valence-corrected chi connectivity index (χ4v) is 2.41. The van der Waals surface area contributed by atoms with Crippen LogP contribution in [0, 0.1) is 5.53 Å². The van der Waals surface area contributed by atoms with Gasteiger partial charge in [0.2, 0.25) is 0 Å². The van der Waals surface area contributed by atoms with E-state index < -0.39 is 36.4 Å². The molecule has 0 aromatic rings. The largest absolute Gasteiger partial charge is 0.494 e. The number of nitrogens with zero attached hydrogens (tertiary/aromatic N) is 1. The van der Waals surface area contributed by atoms with Gasteiger partial charge in [-0.25, -0.2) is 10.3 Å². The lowest BCUT2D eigenvalue weighted by molar-refractivity contribution is -0.136. The Balaban J connectivity index is 2.35. The Morgan fingerprint density at radius 1 is 1.36 bits per heavy atom. The monoisotopic (exact) mass is 307 g/mol. The van der Waals surface area contributed by atoms with Crippen molar-refractivity contribution in [2.75, 3.05) is 7.11 Å². The quantitative estimate of drug-likeness (QED) is 0.465. The topological polar surface area (TPSA) is 107 Å².